The van der Waals surface area contributed by atoms with E-state index in [0.717, 1.165) is 13.1 Å². The zero-order valence-electron chi connectivity index (χ0n) is 12.7. The maximum Gasteiger partial charge on any atom is 0.241 e. The predicted molar refractivity (Wildman–Crippen MR) is 84.0 cm³/mol. The lowest BCUT2D eigenvalue weighted by Crippen LogP contribution is -2.48. The van der Waals surface area contributed by atoms with Crippen LogP contribution in [0.1, 0.15) is 27.2 Å². The van der Waals surface area contributed by atoms with Crippen molar-refractivity contribution in [3.63, 3.8) is 0 Å². The molecule has 116 valence electrons. The van der Waals surface area contributed by atoms with E-state index in [0.29, 0.717) is 16.9 Å². The van der Waals surface area contributed by atoms with E-state index in [-0.39, 0.29) is 17.6 Å². The molecule has 0 unspecified atom stereocenters. The number of hydrogen-bond acceptors (Lipinski definition) is 2. The van der Waals surface area contributed by atoms with Gasteiger partial charge < -0.3 is 5.32 Å². The SMILES string of the molecule is C[C@@H]1C[C@@H](C)CN([C@@H](C)C(=O)Nc2ccc(Cl)cc2F)C1. The Morgan fingerprint density at radius 1 is 1.38 bits per heavy atom. The number of carbonyl (C=O) groups is 1. The lowest BCUT2D eigenvalue weighted by molar-refractivity contribution is -0.121. The van der Waals surface area contributed by atoms with Crippen LogP contribution in [-0.4, -0.2) is 29.9 Å². The smallest absolute Gasteiger partial charge is 0.241 e. The number of benzene rings is 1. The van der Waals surface area contributed by atoms with E-state index in [1.807, 2.05) is 6.92 Å². The van der Waals surface area contributed by atoms with E-state index in [9.17, 15) is 9.18 Å². The van der Waals surface area contributed by atoms with Gasteiger partial charge in [0.2, 0.25) is 5.91 Å². The fourth-order valence-electron chi connectivity index (χ4n) is 3.02. The summed E-state index contributed by atoms with van der Waals surface area (Å²) in [5, 5.41) is 2.97. The lowest BCUT2D eigenvalue weighted by Gasteiger charge is -2.38. The van der Waals surface area contributed by atoms with Gasteiger partial charge in [0.05, 0.1) is 11.7 Å². The third-order valence-corrected chi connectivity index (χ3v) is 4.25. The Balaban J connectivity index is 2.02. The van der Waals surface area contributed by atoms with Crippen LogP contribution in [-0.2, 0) is 4.79 Å². The largest absolute Gasteiger partial charge is 0.322 e. The Morgan fingerprint density at radius 2 is 2.00 bits per heavy atom. The molecule has 0 saturated carbocycles. The van der Waals surface area contributed by atoms with Crippen LogP contribution in [0.4, 0.5) is 10.1 Å². The van der Waals surface area contributed by atoms with Crippen molar-refractivity contribution in [2.45, 2.75) is 33.2 Å². The topological polar surface area (TPSA) is 32.3 Å². The fourth-order valence-corrected chi connectivity index (χ4v) is 3.18. The number of rotatable bonds is 3. The van der Waals surface area contributed by atoms with Crippen LogP contribution in [0, 0.1) is 17.7 Å². The van der Waals surface area contributed by atoms with Crippen LogP contribution in [0.15, 0.2) is 18.2 Å². The van der Waals surface area contributed by atoms with E-state index < -0.39 is 5.82 Å². The molecule has 0 spiro atoms. The first kappa shape index (κ1) is 16.2. The molecule has 1 aromatic rings. The molecule has 0 aliphatic carbocycles. The van der Waals surface area contributed by atoms with Gasteiger partial charge >= 0.3 is 0 Å². The normalized spacial score (nSPS) is 24.6. The molecule has 1 saturated heterocycles. The molecule has 5 heteroatoms. The van der Waals surface area contributed by atoms with Gasteiger partial charge in [-0.05, 0) is 43.4 Å². The first-order chi connectivity index (χ1) is 9.86. The molecule has 2 rings (SSSR count). The molecule has 21 heavy (non-hydrogen) atoms. The summed E-state index contributed by atoms with van der Waals surface area (Å²) < 4.78 is 13.7. The van der Waals surface area contributed by atoms with Crippen LogP contribution in [0.5, 0.6) is 0 Å². The van der Waals surface area contributed by atoms with Crippen molar-refractivity contribution in [3.05, 3.63) is 29.0 Å². The summed E-state index contributed by atoms with van der Waals surface area (Å²) in [5.41, 5.74) is 0.175. The summed E-state index contributed by atoms with van der Waals surface area (Å²) in [5.74, 6) is 0.466. The summed E-state index contributed by atoms with van der Waals surface area (Å²) >= 11 is 5.71. The second kappa shape index (κ2) is 6.75. The third kappa shape index (κ3) is 4.17. The standard InChI is InChI=1S/C16H22ClFN2O/c1-10-6-11(2)9-20(8-10)12(3)16(21)19-15-5-4-13(17)7-14(15)18/h4-5,7,10-12H,6,8-9H2,1-3H3,(H,19,21)/t10-,11-,12+/m1/s1. The Hall–Kier alpha value is -1.13. The van der Waals surface area contributed by atoms with Crippen molar-refractivity contribution in [2.24, 2.45) is 11.8 Å². The van der Waals surface area contributed by atoms with Gasteiger partial charge in [0.15, 0.2) is 0 Å². The van der Waals surface area contributed by atoms with Gasteiger partial charge in [-0.15, -0.1) is 0 Å². The van der Waals surface area contributed by atoms with Crippen molar-refractivity contribution >= 4 is 23.2 Å². The minimum atomic E-state index is -0.511. The number of piperidine rings is 1. The average Bonchev–Trinajstić information content (AvgIpc) is 2.40. The summed E-state index contributed by atoms with van der Waals surface area (Å²) in [6.07, 6.45) is 1.19. The molecule has 1 aliphatic rings. The first-order valence-corrected chi connectivity index (χ1v) is 7.74. The number of nitrogens with one attached hydrogen (secondary N) is 1. The van der Waals surface area contributed by atoms with Gasteiger partial charge in [-0.2, -0.15) is 0 Å². The molecule has 1 aromatic carbocycles. The molecular formula is C16H22ClFN2O. The monoisotopic (exact) mass is 312 g/mol. The molecular weight excluding hydrogens is 291 g/mol. The minimum absolute atomic E-state index is 0.175. The van der Waals surface area contributed by atoms with Gasteiger partial charge in [-0.25, -0.2) is 4.39 Å². The molecule has 3 nitrogen and oxygen atoms in total. The number of carbonyl (C=O) groups excluding carboxylic acids is 1. The highest BCUT2D eigenvalue weighted by Gasteiger charge is 2.29. The van der Waals surface area contributed by atoms with Crippen molar-refractivity contribution in [1.29, 1.82) is 0 Å². The van der Waals surface area contributed by atoms with E-state index in [1.165, 1.54) is 18.6 Å². The van der Waals surface area contributed by atoms with Crippen LogP contribution < -0.4 is 5.32 Å². The molecule has 1 heterocycles. The quantitative estimate of drug-likeness (QED) is 0.921. The van der Waals surface area contributed by atoms with E-state index in [4.69, 9.17) is 11.6 Å². The van der Waals surface area contributed by atoms with Crippen LogP contribution in [0.25, 0.3) is 0 Å². The maximum atomic E-state index is 13.7. The summed E-state index contributed by atoms with van der Waals surface area (Å²) in [6.45, 7) is 8.08. The van der Waals surface area contributed by atoms with Crippen molar-refractivity contribution < 1.29 is 9.18 Å². The Kier molecular flexibility index (Phi) is 5.22. The Bertz CT molecular complexity index is 513. The Morgan fingerprint density at radius 3 is 2.57 bits per heavy atom. The average molecular weight is 313 g/mol. The van der Waals surface area contributed by atoms with Gasteiger partial charge in [-0.1, -0.05) is 25.4 Å². The van der Waals surface area contributed by atoms with Crippen LogP contribution in [0.2, 0.25) is 5.02 Å². The second-order valence-electron chi connectivity index (χ2n) is 6.19. The lowest BCUT2D eigenvalue weighted by atomic mass is 9.91. The first-order valence-electron chi connectivity index (χ1n) is 7.36. The van der Waals surface area contributed by atoms with Gasteiger partial charge in [0.25, 0.3) is 0 Å². The highest BCUT2D eigenvalue weighted by molar-refractivity contribution is 6.30. The van der Waals surface area contributed by atoms with E-state index in [1.54, 1.807) is 6.07 Å². The summed E-state index contributed by atoms with van der Waals surface area (Å²) in [7, 11) is 0. The predicted octanol–water partition coefficient (Wildman–Crippen LogP) is 3.78. The zero-order chi connectivity index (χ0) is 15.6. The molecule has 1 fully saturated rings. The summed E-state index contributed by atoms with van der Waals surface area (Å²) in [6, 6.07) is 3.98. The molecule has 1 aliphatic heterocycles. The highest BCUT2D eigenvalue weighted by atomic mass is 35.5. The van der Waals surface area contributed by atoms with E-state index >= 15 is 0 Å². The number of anilines is 1. The van der Waals surface area contributed by atoms with E-state index in [2.05, 4.69) is 24.1 Å². The third-order valence-electron chi connectivity index (χ3n) is 4.01. The molecule has 3 atom stereocenters. The number of halogens is 2. The van der Waals surface area contributed by atoms with Crippen molar-refractivity contribution in [2.75, 3.05) is 18.4 Å². The van der Waals surface area contributed by atoms with Crippen molar-refractivity contribution in [1.82, 2.24) is 4.90 Å². The zero-order valence-corrected chi connectivity index (χ0v) is 13.5. The summed E-state index contributed by atoms with van der Waals surface area (Å²) in [4.78, 5) is 14.5. The number of likely N-dealkylation sites (tertiary alicyclic amines) is 1. The molecule has 0 aromatic heterocycles. The maximum absolute atomic E-state index is 13.7. The number of amides is 1. The number of nitrogens with zero attached hydrogens (tertiary/aromatic N) is 1. The molecule has 1 N–H and O–H groups in total. The Labute approximate surface area is 130 Å². The van der Waals surface area contributed by atoms with Gasteiger partial charge in [-0.3, -0.25) is 9.69 Å². The number of hydrogen-bond donors (Lipinski definition) is 1. The van der Waals surface area contributed by atoms with Gasteiger partial charge in [0.1, 0.15) is 5.82 Å². The minimum Gasteiger partial charge on any atom is -0.322 e. The van der Waals surface area contributed by atoms with Crippen molar-refractivity contribution in [3.8, 4) is 0 Å². The molecule has 0 radical (unpaired) electrons. The van der Waals surface area contributed by atoms with Gasteiger partial charge in [0, 0.05) is 18.1 Å². The molecule has 0 bridgehead atoms. The van der Waals surface area contributed by atoms with Crippen LogP contribution in [0.3, 0.4) is 0 Å². The highest BCUT2D eigenvalue weighted by Crippen LogP contribution is 2.24. The molecule has 1 amide bonds. The second-order valence-corrected chi connectivity index (χ2v) is 6.63. The fraction of sp³-hybridized carbons (Fsp3) is 0.562. The van der Waals surface area contributed by atoms with Crippen LogP contribution >= 0.6 is 11.6 Å².